The fourth-order valence-corrected chi connectivity index (χ4v) is 3.19. The van der Waals surface area contributed by atoms with Crippen molar-refractivity contribution in [3.8, 4) is 5.69 Å². The Morgan fingerprint density at radius 2 is 1.66 bits per heavy atom. The lowest BCUT2D eigenvalue weighted by atomic mass is 10.1. The molecule has 1 aromatic heterocycles. The van der Waals surface area contributed by atoms with Crippen LogP contribution in [-0.4, -0.2) is 21.6 Å². The Balaban J connectivity index is 1.64. The predicted octanol–water partition coefficient (Wildman–Crippen LogP) is 3.71. The number of nitrogens with zero attached hydrogens (tertiary/aromatic N) is 2. The molecule has 2 amide bonds. The Morgan fingerprint density at radius 1 is 1.00 bits per heavy atom. The molecule has 0 radical (unpaired) electrons. The number of halogens is 1. The van der Waals surface area contributed by atoms with E-state index in [1.54, 1.807) is 28.9 Å². The Morgan fingerprint density at radius 3 is 2.28 bits per heavy atom. The van der Waals surface area contributed by atoms with Crippen molar-refractivity contribution in [2.24, 2.45) is 0 Å². The summed E-state index contributed by atoms with van der Waals surface area (Å²) in [6, 6.07) is 14.6. The van der Waals surface area contributed by atoms with Crippen molar-refractivity contribution >= 4 is 23.4 Å². The third kappa shape index (κ3) is 4.84. The summed E-state index contributed by atoms with van der Waals surface area (Å²) in [7, 11) is 0. The van der Waals surface area contributed by atoms with Crippen LogP contribution in [0.25, 0.3) is 5.69 Å². The third-order valence-electron chi connectivity index (χ3n) is 4.79. The van der Waals surface area contributed by atoms with E-state index < -0.39 is 0 Å². The van der Waals surface area contributed by atoms with Crippen molar-refractivity contribution in [1.82, 2.24) is 20.6 Å². The van der Waals surface area contributed by atoms with Crippen LogP contribution >= 0.6 is 11.6 Å². The van der Waals surface area contributed by atoms with Gasteiger partial charge in [-0.05, 0) is 62.2 Å². The maximum absolute atomic E-state index is 12.4. The predicted molar refractivity (Wildman–Crippen MR) is 113 cm³/mol. The monoisotopic (exact) mass is 410 g/mol. The lowest BCUT2D eigenvalue weighted by Crippen LogP contribution is -2.42. The summed E-state index contributed by atoms with van der Waals surface area (Å²) in [6.45, 7) is 5.81. The molecular weight excluding hydrogens is 388 g/mol. The van der Waals surface area contributed by atoms with Crippen LogP contribution in [0.1, 0.15) is 39.8 Å². The molecule has 0 aliphatic rings. The van der Waals surface area contributed by atoms with Gasteiger partial charge in [-0.1, -0.05) is 30.7 Å². The first-order chi connectivity index (χ1) is 13.9. The average molecular weight is 411 g/mol. The Hall–Kier alpha value is -3.12. The number of carbonyl (C=O) groups is 2. The summed E-state index contributed by atoms with van der Waals surface area (Å²) in [4.78, 5) is 24.6. The van der Waals surface area contributed by atoms with E-state index in [0.717, 1.165) is 34.6 Å². The number of hydrazine groups is 1. The second kappa shape index (κ2) is 8.92. The van der Waals surface area contributed by atoms with Crippen molar-refractivity contribution in [1.29, 1.82) is 0 Å². The zero-order chi connectivity index (χ0) is 21.0. The molecule has 3 aromatic rings. The molecule has 150 valence electrons. The van der Waals surface area contributed by atoms with E-state index in [1.807, 2.05) is 45.0 Å². The van der Waals surface area contributed by atoms with Gasteiger partial charge in [-0.15, -0.1) is 0 Å². The molecule has 0 fully saturated rings. The SMILES string of the molecule is CCc1ccc(C(=O)NNC(=O)Cc2c(C)nn(-c3ccc(Cl)cc3)c2C)cc1. The van der Waals surface area contributed by atoms with Gasteiger partial charge in [-0.3, -0.25) is 20.4 Å². The van der Waals surface area contributed by atoms with E-state index in [2.05, 4.69) is 16.0 Å². The molecule has 0 unspecified atom stereocenters. The zero-order valence-corrected chi connectivity index (χ0v) is 17.4. The van der Waals surface area contributed by atoms with E-state index in [-0.39, 0.29) is 18.2 Å². The minimum absolute atomic E-state index is 0.111. The van der Waals surface area contributed by atoms with Gasteiger partial charge in [-0.25, -0.2) is 4.68 Å². The Labute approximate surface area is 174 Å². The maximum atomic E-state index is 12.4. The van der Waals surface area contributed by atoms with Gasteiger partial charge >= 0.3 is 0 Å². The molecule has 0 aliphatic heterocycles. The third-order valence-corrected chi connectivity index (χ3v) is 5.04. The first-order valence-corrected chi connectivity index (χ1v) is 9.76. The summed E-state index contributed by atoms with van der Waals surface area (Å²) in [6.07, 6.45) is 1.02. The number of aromatic nitrogens is 2. The molecule has 0 spiro atoms. The maximum Gasteiger partial charge on any atom is 0.269 e. The van der Waals surface area contributed by atoms with Gasteiger partial charge in [0.25, 0.3) is 5.91 Å². The summed E-state index contributed by atoms with van der Waals surface area (Å²) in [5, 5.41) is 5.18. The largest absolute Gasteiger partial charge is 0.273 e. The van der Waals surface area contributed by atoms with Crippen molar-refractivity contribution in [2.45, 2.75) is 33.6 Å². The Bertz CT molecular complexity index is 1020. The van der Waals surface area contributed by atoms with E-state index in [9.17, 15) is 9.59 Å². The lowest BCUT2D eigenvalue weighted by molar-refractivity contribution is -0.121. The zero-order valence-electron chi connectivity index (χ0n) is 16.6. The van der Waals surface area contributed by atoms with Crippen LogP contribution in [0.3, 0.4) is 0 Å². The highest BCUT2D eigenvalue weighted by Gasteiger charge is 2.16. The number of hydrogen-bond acceptors (Lipinski definition) is 3. The number of hydrogen-bond donors (Lipinski definition) is 2. The minimum Gasteiger partial charge on any atom is -0.273 e. The van der Waals surface area contributed by atoms with Crippen molar-refractivity contribution in [2.75, 3.05) is 0 Å². The van der Waals surface area contributed by atoms with Crippen molar-refractivity contribution < 1.29 is 9.59 Å². The summed E-state index contributed by atoms with van der Waals surface area (Å²) >= 11 is 5.95. The molecule has 29 heavy (non-hydrogen) atoms. The summed E-state index contributed by atoms with van der Waals surface area (Å²) < 4.78 is 1.78. The summed E-state index contributed by atoms with van der Waals surface area (Å²) in [5.41, 5.74) is 9.88. The van der Waals surface area contributed by atoms with Gasteiger partial charge < -0.3 is 0 Å². The van der Waals surface area contributed by atoms with Gasteiger partial charge in [0.1, 0.15) is 0 Å². The van der Waals surface area contributed by atoms with Gasteiger partial charge in [0, 0.05) is 21.8 Å². The van der Waals surface area contributed by atoms with E-state index in [0.29, 0.717) is 10.6 Å². The highest BCUT2D eigenvalue weighted by atomic mass is 35.5. The highest BCUT2D eigenvalue weighted by molar-refractivity contribution is 6.30. The second-order valence-corrected chi connectivity index (χ2v) is 7.20. The molecule has 3 rings (SSSR count). The van der Waals surface area contributed by atoms with E-state index in [1.165, 1.54) is 0 Å². The molecule has 7 heteroatoms. The number of amides is 2. The van der Waals surface area contributed by atoms with Gasteiger partial charge in [-0.2, -0.15) is 5.10 Å². The molecule has 0 aliphatic carbocycles. The molecule has 1 heterocycles. The smallest absolute Gasteiger partial charge is 0.269 e. The number of nitrogens with one attached hydrogen (secondary N) is 2. The minimum atomic E-state index is -0.355. The first kappa shape index (κ1) is 20.6. The lowest BCUT2D eigenvalue weighted by Gasteiger charge is -2.09. The molecule has 2 aromatic carbocycles. The van der Waals surface area contributed by atoms with Crippen LogP contribution in [0.15, 0.2) is 48.5 Å². The van der Waals surface area contributed by atoms with Crippen LogP contribution in [-0.2, 0) is 17.6 Å². The number of aryl methyl sites for hydroxylation is 2. The van der Waals surface area contributed by atoms with Crippen LogP contribution in [0.2, 0.25) is 5.02 Å². The van der Waals surface area contributed by atoms with Gasteiger partial charge in [0.15, 0.2) is 0 Å². The topological polar surface area (TPSA) is 76.0 Å². The summed E-state index contributed by atoms with van der Waals surface area (Å²) in [5.74, 6) is -0.670. The Kier molecular flexibility index (Phi) is 6.34. The fourth-order valence-electron chi connectivity index (χ4n) is 3.06. The number of rotatable bonds is 5. The number of benzene rings is 2. The molecule has 0 saturated carbocycles. The van der Waals surface area contributed by atoms with Crippen molar-refractivity contribution in [3.05, 3.63) is 81.6 Å². The van der Waals surface area contributed by atoms with Crippen LogP contribution in [0.4, 0.5) is 0 Å². The van der Waals surface area contributed by atoms with Crippen LogP contribution in [0, 0.1) is 13.8 Å². The molecule has 0 saturated heterocycles. The van der Waals surface area contributed by atoms with Crippen LogP contribution < -0.4 is 10.9 Å². The molecule has 6 nitrogen and oxygen atoms in total. The first-order valence-electron chi connectivity index (χ1n) is 9.38. The molecule has 0 bridgehead atoms. The molecular formula is C22H23ClN4O2. The van der Waals surface area contributed by atoms with E-state index >= 15 is 0 Å². The van der Waals surface area contributed by atoms with Crippen LogP contribution in [0.5, 0.6) is 0 Å². The van der Waals surface area contributed by atoms with Crippen molar-refractivity contribution in [3.63, 3.8) is 0 Å². The number of carbonyl (C=O) groups excluding carboxylic acids is 2. The normalized spacial score (nSPS) is 10.6. The van der Waals surface area contributed by atoms with Gasteiger partial charge in [0.2, 0.25) is 5.91 Å². The second-order valence-electron chi connectivity index (χ2n) is 6.77. The standard InChI is InChI=1S/C22H23ClN4O2/c1-4-16-5-7-17(8-6-16)22(29)25-24-21(28)13-20-14(2)26-27(15(20)3)19-11-9-18(23)10-12-19/h5-12H,4,13H2,1-3H3,(H,24,28)(H,25,29). The van der Waals surface area contributed by atoms with Gasteiger partial charge in [0.05, 0.1) is 17.8 Å². The van der Waals surface area contributed by atoms with E-state index in [4.69, 9.17) is 11.6 Å². The quantitative estimate of drug-likeness (QED) is 0.629. The molecule has 0 atom stereocenters. The molecule has 2 N–H and O–H groups in total. The average Bonchev–Trinajstić information content (AvgIpc) is 3.01. The highest BCUT2D eigenvalue weighted by Crippen LogP contribution is 2.20. The fraction of sp³-hybridized carbons (Fsp3) is 0.227.